The number of anilines is 1. The Morgan fingerprint density at radius 3 is 2.57 bits per heavy atom. The van der Waals surface area contributed by atoms with Gasteiger partial charge in [-0.2, -0.15) is 0 Å². The molecular formula is C26H26N4O3S2. The second kappa shape index (κ2) is 9.83. The largest absolute Gasteiger partial charge is 0.497 e. The molecule has 2 aliphatic rings. The van der Waals surface area contributed by atoms with E-state index in [4.69, 9.17) is 21.9 Å². The fourth-order valence-electron chi connectivity index (χ4n) is 4.40. The fourth-order valence-corrected chi connectivity index (χ4v) is 5.69. The normalized spacial score (nSPS) is 17.3. The molecule has 0 bridgehead atoms. The van der Waals surface area contributed by atoms with Crippen LogP contribution in [0.15, 0.2) is 52.3 Å². The summed E-state index contributed by atoms with van der Waals surface area (Å²) in [5, 5.41) is 0. The van der Waals surface area contributed by atoms with Crippen LogP contribution >= 0.6 is 24.0 Å². The van der Waals surface area contributed by atoms with Crippen molar-refractivity contribution in [1.29, 1.82) is 0 Å². The van der Waals surface area contributed by atoms with E-state index in [9.17, 15) is 9.59 Å². The number of hydrogen-bond acceptors (Lipinski definition) is 7. The van der Waals surface area contributed by atoms with Crippen molar-refractivity contribution in [2.45, 2.75) is 26.2 Å². The van der Waals surface area contributed by atoms with E-state index in [0.29, 0.717) is 39.2 Å². The summed E-state index contributed by atoms with van der Waals surface area (Å²) in [6.07, 6.45) is 6.26. The second-order valence-electron chi connectivity index (χ2n) is 8.71. The van der Waals surface area contributed by atoms with Gasteiger partial charge in [0.15, 0.2) is 0 Å². The number of methoxy groups -OCH3 is 1. The number of aromatic nitrogens is 2. The Kier molecular flexibility index (Phi) is 6.62. The van der Waals surface area contributed by atoms with Crippen molar-refractivity contribution in [2.24, 2.45) is 0 Å². The summed E-state index contributed by atoms with van der Waals surface area (Å²) in [6, 6.07) is 11.6. The van der Waals surface area contributed by atoms with Crippen LogP contribution in [0.25, 0.3) is 11.7 Å². The summed E-state index contributed by atoms with van der Waals surface area (Å²) in [5.41, 5.74) is 2.92. The summed E-state index contributed by atoms with van der Waals surface area (Å²) in [7, 11) is 1.63. The lowest BCUT2D eigenvalue weighted by Gasteiger charge is -2.19. The number of carbonyl (C=O) groups excluding carboxylic acids is 1. The quantitative estimate of drug-likeness (QED) is 0.369. The smallest absolute Gasteiger partial charge is 0.267 e. The fraction of sp³-hybridized carbons (Fsp3) is 0.308. The van der Waals surface area contributed by atoms with E-state index in [1.807, 2.05) is 43.3 Å². The molecule has 2 saturated heterocycles. The number of carbonyl (C=O) groups is 1. The minimum absolute atomic E-state index is 0.172. The van der Waals surface area contributed by atoms with Crippen molar-refractivity contribution in [3.63, 3.8) is 0 Å². The van der Waals surface area contributed by atoms with Crippen molar-refractivity contribution in [3.8, 4) is 5.75 Å². The maximum absolute atomic E-state index is 13.6. The van der Waals surface area contributed by atoms with Crippen LogP contribution in [0.5, 0.6) is 5.75 Å². The molecule has 180 valence electrons. The number of fused-ring (bicyclic) bond motifs is 1. The van der Waals surface area contributed by atoms with E-state index in [0.717, 1.165) is 42.8 Å². The first-order valence-corrected chi connectivity index (χ1v) is 12.8. The molecule has 0 saturated carbocycles. The molecule has 3 aromatic rings. The summed E-state index contributed by atoms with van der Waals surface area (Å²) in [5.74, 6) is 1.26. The van der Waals surface area contributed by atoms with Crippen molar-refractivity contribution < 1.29 is 9.53 Å². The van der Waals surface area contributed by atoms with Crippen molar-refractivity contribution in [3.05, 3.63) is 74.5 Å². The Hall–Kier alpha value is -3.17. The number of thioether (sulfide) groups is 1. The topological polar surface area (TPSA) is 67.2 Å². The van der Waals surface area contributed by atoms with Gasteiger partial charge in [0.1, 0.15) is 21.5 Å². The standard InChI is InChI=1S/C26H26N4O3S2/c1-17-5-10-22-27-23(28-12-3-4-13-28)20(24(31)30(22)16-17)15-21-25(32)29(26(34)35-21)14-11-18-6-8-19(33-2)9-7-18/h5-10,15-16H,3-4,11-14H2,1-2H3/b21-15+. The SMILES string of the molecule is COc1ccc(CCN2C(=O)/C(=C\c3c(N4CCCC4)nc4ccc(C)cn4c3=O)SC2=S)cc1. The van der Waals surface area contributed by atoms with Gasteiger partial charge in [0, 0.05) is 25.8 Å². The van der Waals surface area contributed by atoms with Crippen LogP contribution in [0.4, 0.5) is 5.82 Å². The molecular weight excluding hydrogens is 480 g/mol. The highest BCUT2D eigenvalue weighted by atomic mass is 32.2. The average molecular weight is 507 g/mol. The molecule has 0 N–H and O–H groups in total. The first-order valence-electron chi connectivity index (χ1n) is 11.6. The Morgan fingerprint density at radius 1 is 1.11 bits per heavy atom. The molecule has 35 heavy (non-hydrogen) atoms. The minimum atomic E-state index is -0.177. The van der Waals surface area contributed by atoms with Gasteiger partial charge in [-0.1, -0.05) is 42.2 Å². The number of aryl methyl sites for hydroxylation is 1. The Morgan fingerprint density at radius 2 is 1.86 bits per heavy atom. The van der Waals surface area contributed by atoms with E-state index in [-0.39, 0.29) is 11.5 Å². The van der Waals surface area contributed by atoms with Crippen LogP contribution in [-0.2, 0) is 11.2 Å². The monoisotopic (exact) mass is 506 g/mol. The lowest BCUT2D eigenvalue weighted by Crippen LogP contribution is -2.30. The average Bonchev–Trinajstić information content (AvgIpc) is 3.49. The second-order valence-corrected chi connectivity index (χ2v) is 10.4. The highest BCUT2D eigenvalue weighted by molar-refractivity contribution is 8.26. The van der Waals surface area contributed by atoms with Gasteiger partial charge in [0.05, 0.1) is 17.6 Å². The third-order valence-corrected chi connectivity index (χ3v) is 7.70. The predicted octanol–water partition coefficient (Wildman–Crippen LogP) is 4.06. The summed E-state index contributed by atoms with van der Waals surface area (Å²) < 4.78 is 7.27. The number of nitrogens with zero attached hydrogens (tertiary/aromatic N) is 4. The Balaban J connectivity index is 1.46. The number of benzene rings is 1. The van der Waals surface area contributed by atoms with Crippen molar-refractivity contribution in [2.75, 3.05) is 31.6 Å². The lowest BCUT2D eigenvalue weighted by molar-refractivity contribution is -0.122. The third-order valence-electron chi connectivity index (χ3n) is 6.32. The van der Waals surface area contributed by atoms with Gasteiger partial charge < -0.3 is 9.64 Å². The van der Waals surface area contributed by atoms with Gasteiger partial charge >= 0.3 is 0 Å². The zero-order chi connectivity index (χ0) is 24.5. The van der Waals surface area contributed by atoms with E-state index in [1.54, 1.807) is 28.7 Å². The first-order chi connectivity index (χ1) is 16.9. The number of thiocarbonyl (C=S) groups is 1. The Bertz CT molecular complexity index is 1390. The zero-order valence-corrected chi connectivity index (χ0v) is 21.3. The first kappa shape index (κ1) is 23.6. The van der Waals surface area contributed by atoms with Gasteiger partial charge in [0.2, 0.25) is 0 Å². The van der Waals surface area contributed by atoms with Gasteiger partial charge in [-0.15, -0.1) is 0 Å². The van der Waals surface area contributed by atoms with Crippen LogP contribution in [0.1, 0.15) is 29.5 Å². The molecule has 7 nitrogen and oxygen atoms in total. The highest BCUT2D eigenvalue weighted by Crippen LogP contribution is 2.34. The molecule has 0 unspecified atom stereocenters. The van der Waals surface area contributed by atoms with E-state index >= 15 is 0 Å². The number of hydrogen-bond donors (Lipinski definition) is 0. The summed E-state index contributed by atoms with van der Waals surface area (Å²) in [6.45, 7) is 4.10. The molecule has 2 fully saturated rings. The van der Waals surface area contributed by atoms with Crippen LogP contribution in [-0.4, -0.2) is 51.3 Å². The maximum Gasteiger partial charge on any atom is 0.267 e. The molecule has 2 aromatic heterocycles. The molecule has 0 aliphatic carbocycles. The van der Waals surface area contributed by atoms with E-state index < -0.39 is 0 Å². The molecule has 5 rings (SSSR count). The van der Waals surface area contributed by atoms with Crippen molar-refractivity contribution in [1.82, 2.24) is 14.3 Å². The minimum Gasteiger partial charge on any atom is -0.497 e. The van der Waals surface area contributed by atoms with Crippen molar-refractivity contribution >= 4 is 51.7 Å². The number of ether oxygens (including phenoxy) is 1. The van der Waals surface area contributed by atoms with Gasteiger partial charge in [-0.25, -0.2) is 4.98 Å². The zero-order valence-electron chi connectivity index (χ0n) is 19.7. The van der Waals surface area contributed by atoms with Gasteiger partial charge in [-0.3, -0.25) is 18.9 Å². The number of rotatable bonds is 6. The van der Waals surface area contributed by atoms with Crippen LogP contribution in [0, 0.1) is 6.92 Å². The molecule has 4 heterocycles. The molecule has 1 aromatic carbocycles. The molecule has 9 heteroatoms. The van der Waals surface area contributed by atoms with Crippen LogP contribution < -0.4 is 15.2 Å². The molecule has 0 radical (unpaired) electrons. The number of amides is 1. The summed E-state index contributed by atoms with van der Waals surface area (Å²) in [4.78, 5) is 35.9. The molecule has 0 atom stereocenters. The lowest BCUT2D eigenvalue weighted by atomic mass is 10.1. The van der Waals surface area contributed by atoms with Gasteiger partial charge in [-0.05, 0) is 61.6 Å². The van der Waals surface area contributed by atoms with E-state index in [2.05, 4.69) is 4.90 Å². The molecule has 2 aliphatic heterocycles. The summed E-state index contributed by atoms with van der Waals surface area (Å²) >= 11 is 6.77. The highest BCUT2D eigenvalue weighted by Gasteiger charge is 2.33. The Labute approximate surface area is 213 Å². The maximum atomic E-state index is 13.6. The molecule has 1 amide bonds. The van der Waals surface area contributed by atoms with Crippen LogP contribution in [0.3, 0.4) is 0 Å². The molecule has 0 spiro atoms. The van der Waals surface area contributed by atoms with Crippen LogP contribution in [0.2, 0.25) is 0 Å². The number of pyridine rings is 1. The predicted molar refractivity (Wildman–Crippen MR) is 144 cm³/mol. The van der Waals surface area contributed by atoms with Gasteiger partial charge in [0.25, 0.3) is 11.5 Å². The third kappa shape index (κ3) is 4.70. The van der Waals surface area contributed by atoms with E-state index in [1.165, 1.54) is 11.8 Å².